The fourth-order valence-corrected chi connectivity index (χ4v) is 0.668. The second kappa shape index (κ2) is 2.02. The van der Waals surface area contributed by atoms with Crippen molar-refractivity contribution >= 4 is 12.0 Å². The summed E-state index contributed by atoms with van der Waals surface area (Å²) in [4.78, 5) is 21.2. The predicted molar refractivity (Wildman–Crippen MR) is 30.4 cm³/mol. The molecule has 0 fully saturated rings. The lowest BCUT2D eigenvalue weighted by Gasteiger charge is -2.06. The van der Waals surface area contributed by atoms with Gasteiger partial charge in [0.15, 0.2) is 0 Å². The van der Waals surface area contributed by atoms with Crippen LogP contribution in [-0.4, -0.2) is 33.7 Å². The fraction of sp³-hybridized carbons (Fsp3) is 0.200. The van der Waals surface area contributed by atoms with E-state index in [0.29, 0.717) is 4.90 Å². The molecule has 2 amide bonds. The zero-order chi connectivity index (χ0) is 7.72. The fourth-order valence-electron chi connectivity index (χ4n) is 0.668. The lowest BCUT2D eigenvalue weighted by atomic mass is 10.5. The number of amides is 2. The topological polar surface area (TPSA) is 77.8 Å². The Bertz CT molecular complexity index is 220. The summed E-state index contributed by atoms with van der Waals surface area (Å²) in [6.45, 7) is -0.228. The van der Waals surface area contributed by atoms with Gasteiger partial charge in [0.25, 0.3) is 5.91 Å². The predicted octanol–water partition coefficient (Wildman–Crippen LogP) is -0.0515. The molecule has 0 aromatic carbocycles. The zero-order valence-corrected chi connectivity index (χ0v) is 4.94. The first-order valence-corrected chi connectivity index (χ1v) is 2.55. The monoisotopic (exact) mass is 143 g/mol. The smallest absolute Gasteiger partial charge is 0.414 e. The average molecular weight is 143 g/mol. The van der Waals surface area contributed by atoms with Gasteiger partial charge in [0.1, 0.15) is 5.76 Å². The Labute approximate surface area is 56.2 Å². The number of nitrogens with zero attached hydrogens (tertiary/aromatic N) is 1. The van der Waals surface area contributed by atoms with Crippen molar-refractivity contribution in [2.45, 2.75) is 0 Å². The minimum absolute atomic E-state index is 0.215. The molecule has 1 aliphatic heterocycles. The first kappa shape index (κ1) is 6.60. The first-order valence-electron chi connectivity index (χ1n) is 2.55. The van der Waals surface area contributed by atoms with Gasteiger partial charge >= 0.3 is 6.09 Å². The number of rotatable bonds is 0. The van der Waals surface area contributed by atoms with Gasteiger partial charge in [-0.3, -0.25) is 4.79 Å². The maximum atomic E-state index is 10.5. The molecule has 5 nitrogen and oxygen atoms in total. The summed E-state index contributed by atoms with van der Waals surface area (Å²) in [5.41, 5.74) is 0. The number of hydrogen-bond acceptors (Lipinski definition) is 3. The van der Waals surface area contributed by atoms with E-state index in [1.54, 1.807) is 0 Å². The van der Waals surface area contributed by atoms with Crippen molar-refractivity contribution in [1.82, 2.24) is 4.90 Å². The largest absolute Gasteiger partial charge is 0.510 e. The Balaban J connectivity index is 2.73. The molecule has 10 heavy (non-hydrogen) atoms. The first-order chi connectivity index (χ1) is 4.61. The molecular formula is C5H5NO4. The summed E-state index contributed by atoms with van der Waals surface area (Å²) in [6, 6.07) is 0. The Morgan fingerprint density at radius 3 is 2.50 bits per heavy atom. The van der Waals surface area contributed by atoms with Crippen LogP contribution in [0.3, 0.4) is 0 Å². The number of imide groups is 1. The van der Waals surface area contributed by atoms with Crippen LogP contribution in [0.4, 0.5) is 4.79 Å². The third-order valence-corrected chi connectivity index (χ3v) is 1.11. The van der Waals surface area contributed by atoms with Crippen molar-refractivity contribution < 1.29 is 19.8 Å². The molecule has 0 saturated heterocycles. The summed E-state index contributed by atoms with van der Waals surface area (Å²) in [5, 5.41) is 16.9. The van der Waals surface area contributed by atoms with Crippen LogP contribution in [0, 0.1) is 0 Å². The maximum Gasteiger partial charge on any atom is 0.414 e. The lowest BCUT2D eigenvalue weighted by Crippen LogP contribution is -2.31. The molecule has 0 aromatic heterocycles. The van der Waals surface area contributed by atoms with Crippen molar-refractivity contribution in [3.63, 3.8) is 0 Å². The molecule has 0 radical (unpaired) electrons. The Hall–Kier alpha value is -1.52. The molecule has 5 heteroatoms. The summed E-state index contributed by atoms with van der Waals surface area (Å²) < 4.78 is 0. The normalized spacial score (nSPS) is 17.4. The van der Waals surface area contributed by atoms with Crippen LogP contribution in [0.2, 0.25) is 0 Å². The van der Waals surface area contributed by atoms with Gasteiger partial charge in [-0.1, -0.05) is 0 Å². The molecule has 1 rings (SSSR count). The van der Waals surface area contributed by atoms with Crippen LogP contribution in [0.5, 0.6) is 0 Å². The van der Waals surface area contributed by atoms with E-state index in [1.807, 2.05) is 0 Å². The second-order valence-electron chi connectivity index (χ2n) is 1.84. The molecule has 0 unspecified atom stereocenters. The van der Waals surface area contributed by atoms with Crippen LogP contribution < -0.4 is 0 Å². The Kier molecular flexibility index (Phi) is 1.33. The van der Waals surface area contributed by atoms with Crippen LogP contribution in [0.25, 0.3) is 0 Å². The van der Waals surface area contributed by atoms with Gasteiger partial charge in [-0.15, -0.1) is 0 Å². The summed E-state index contributed by atoms with van der Waals surface area (Å²) in [7, 11) is 0. The molecule has 0 spiro atoms. The highest BCUT2D eigenvalue weighted by Crippen LogP contribution is 2.06. The molecule has 0 saturated carbocycles. The number of carbonyl (C=O) groups is 2. The molecule has 1 heterocycles. The minimum Gasteiger partial charge on any atom is -0.510 e. The summed E-state index contributed by atoms with van der Waals surface area (Å²) in [6.07, 6.45) is -0.459. The van der Waals surface area contributed by atoms with E-state index < -0.39 is 12.0 Å². The third kappa shape index (κ3) is 0.928. The minimum atomic E-state index is -1.34. The van der Waals surface area contributed by atoms with E-state index >= 15 is 0 Å². The number of aliphatic hydroxyl groups excluding tert-OH is 1. The van der Waals surface area contributed by atoms with Crippen molar-refractivity contribution in [3.05, 3.63) is 11.8 Å². The van der Waals surface area contributed by atoms with E-state index in [4.69, 9.17) is 10.2 Å². The molecule has 0 aliphatic carbocycles. The van der Waals surface area contributed by atoms with Gasteiger partial charge in [0, 0.05) is 6.08 Å². The van der Waals surface area contributed by atoms with Gasteiger partial charge < -0.3 is 10.2 Å². The highest BCUT2D eigenvalue weighted by molar-refractivity contribution is 6.00. The third-order valence-electron chi connectivity index (χ3n) is 1.11. The van der Waals surface area contributed by atoms with Crippen molar-refractivity contribution in [2.24, 2.45) is 0 Å². The summed E-state index contributed by atoms with van der Waals surface area (Å²) >= 11 is 0. The van der Waals surface area contributed by atoms with Gasteiger partial charge in [-0.25, -0.2) is 9.69 Å². The highest BCUT2D eigenvalue weighted by Gasteiger charge is 2.26. The quantitative estimate of drug-likeness (QED) is 0.498. The van der Waals surface area contributed by atoms with Crippen LogP contribution in [0.1, 0.15) is 0 Å². The molecule has 0 bridgehead atoms. The standard InChI is InChI=1S/C5H5NO4/c7-3-1-4(8)6(2-3)5(9)10/h1,7H,2H2,(H,9,10). The Morgan fingerprint density at radius 2 is 2.30 bits per heavy atom. The lowest BCUT2D eigenvalue weighted by molar-refractivity contribution is -0.122. The molecule has 1 aliphatic rings. The highest BCUT2D eigenvalue weighted by atomic mass is 16.4. The zero-order valence-electron chi connectivity index (χ0n) is 4.94. The Morgan fingerprint density at radius 1 is 1.70 bits per heavy atom. The molecule has 0 atom stereocenters. The van der Waals surface area contributed by atoms with E-state index in [2.05, 4.69) is 0 Å². The van der Waals surface area contributed by atoms with Crippen molar-refractivity contribution in [2.75, 3.05) is 6.54 Å². The van der Waals surface area contributed by atoms with E-state index in [-0.39, 0.29) is 12.3 Å². The van der Waals surface area contributed by atoms with E-state index in [9.17, 15) is 9.59 Å². The van der Waals surface area contributed by atoms with Gasteiger partial charge in [0.2, 0.25) is 0 Å². The van der Waals surface area contributed by atoms with E-state index in [0.717, 1.165) is 6.08 Å². The second-order valence-corrected chi connectivity index (χ2v) is 1.84. The molecule has 54 valence electrons. The molecule has 0 aromatic rings. The van der Waals surface area contributed by atoms with Crippen molar-refractivity contribution in [1.29, 1.82) is 0 Å². The number of carboxylic acid groups (broad SMARTS) is 1. The van der Waals surface area contributed by atoms with Gasteiger partial charge in [-0.05, 0) is 0 Å². The van der Waals surface area contributed by atoms with Crippen LogP contribution in [0.15, 0.2) is 11.8 Å². The van der Waals surface area contributed by atoms with Crippen LogP contribution in [-0.2, 0) is 4.79 Å². The SMILES string of the molecule is O=C(O)N1CC(O)=CC1=O. The van der Waals surface area contributed by atoms with Crippen LogP contribution >= 0.6 is 0 Å². The summed E-state index contributed by atoms with van der Waals surface area (Å²) in [5.74, 6) is -0.905. The van der Waals surface area contributed by atoms with Crippen molar-refractivity contribution in [3.8, 4) is 0 Å². The maximum absolute atomic E-state index is 10.5. The number of hydrogen-bond donors (Lipinski definition) is 2. The number of carbonyl (C=O) groups excluding carboxylic acids is 1. The number of aliphatic hydroxyl groups is 1. The van der Waals surface area contributed by atoms with E-state index in [1.165, 1.54) is 0 Å². The average Bonchev–Trinajstić information content (AvgIpc) is 2.10. The van der Waals surface area contributed by atoms with Gasteiger partial charge in [-0.2, -0.15) is 0 Å². The molecular weight excluding hydrogens is 138 g/mol. The van der Waals surface area contributed by atoms with Gasteiger partial charge in [0.05, 0.1) is 6.54 Å². The molecule has 2 N–H and O–H groups in total.